The van der Waals surface area contributed by atoms with Crippen LogP contribution in [0, 0.1) is 6.92 Å². The van der Waals surface area contributed by atoms with Crippen molar-refractivity contribution in [3.63, 3.8) is 0 Å². The number of hydrogen-bond donors (Lipinski definition) is 0. The van der Waals surface area contributed by atoms with E-state index in [9.17, 15) is 9.59 Å². The van der Waals surface area contributed by atoms with Gasteiger partial charge >= 0.3 is 0 Å². The highest BCUT2D eigenvalue weighted by Gasteiger charge is 2.37. The van der Waals surface area contributed by atoms with Crippen molar-refractivity contribution in [3.05, 3.63) is 77.1 Å². The third-order valence-electron chi connectivity index (χ3n) is 5.88. The van der Waals surface area contributed by atoms with Crippen molar-refractivity contribution in [3.8, 4) is 10.4 Å². The average Bonchev–Trinajstić information content (AvgIpc) is 3.47. The molecule has 1 aromatic carbocycles. The number of hydrogen-bond acceptors (Lipinski definition) is 5. The molecule has 0 radical (unpaired) electrons. The molecule has 0 aliphatic carbocycles. The Labute approximate surface area is 189 Å². The summed E-state index contributed by atoms with van der Waals surface area (Å²) in [4.78, 5) is 35.5. The van der Waals surface area contributed by atoms with Crippen molar-refractivity contribution < 1.29 is 9.59 Å². The van der Waals surface area contributed by atoms with E-state index in [1.54, 1.807) is 45.1 Å². The Morgan fingerprint density at radius 2 is 1.97 bits per heavy atom. The average molecular weight is 446 g/mol. The quantitative estimate of drug-likeness (QED) is 0.483. The van der Waals surface area contributed by atoms with Crippen molar-refractivity contribution in [1.29, 1.82) is 0 Å². The summed E-state index contributed by atoms with van der Waals surface area (Å²) in [6.45, 7) is 2.90. The fourth-order valence-electron chi connectivity index (χ4n) is 4.10. The number of rotatable bonds is 4. The third kappa shape index (κ3) is 3.67. The molecule has 162 valence electrons. The van der Waals surface area contributed by atoms with Crippen molar-refractivity contribution in [1.82, 2.24) is 24.4 Å². The standard InChI is InChI=1S/C24H23N5O2S/c1-16-13-25-22-19(14-26-29(22)15-16)23(30)28-10-9-27(2)24(31)20(28)12-17-5-7-18(8-6-17)21-4-3-11-32-21/h3-8,11,13-15,20H,9-10,12H2,1-2H3. The van der Waals surface area contributed by atoms with Crippen LogP contribution in [-0.2, 0) is 11.2 Å². The summed E-state index contributed by atoms with van der Waals surface area (Å²) in [5.41, 5.74) is 4.05. The van der Waals surface area contributed by atoms with Gasteiger partial charge in [-0.3, -0.25) is 9.59 Å². The first-order valence-electron chi connectivity index (χ1n) is 10.5. The van der Waals surface area contributed by atoms with Crippen LogP contribution in [0.1, 0.15) is 21.5 Å². The van der Waals surface area contributed by atoms with Gasteiger partial charge in [0.2, 0.25) is 5.91 Å². The smallest absolute Gasteiger partial charge is 0.260 e. The predicted molar refractivity (Wildman–Crippen MR) is 124 cm³/mol. The molecule has 0 spiro atoms. The monoisotopic (exact) mass is 445 g/mol. The van der Waals surface area contributed by atoms with E-state index in [1.807, 2.05) is 31.3 Å². The first kappa shape index (κ1) is 20.4. The number of piperazine rings is 1. The fourth-order valence-corrected chi connectivity index (χ4v) is 4.83. The summed E-state index contributed by atoms with van der Waals surface area (Å²) in [7, 11) is 1.79. The third-order valence-corrected chi connectivity index (χ3v) is 6.80. The molecule has 4 heterocycles. The minimum absolute atomic E-state index is 0.0489. The largest absolute Gasteiger partial charge is 0.342 e. The van der Waals surface area contributed by atoms with Gasteiger partial charge in [-0.15, -0.1) is 11.3 Å². The normalized spacial score (nSPS) is 16.7. The fraction of sp³-hybridized carbons (Fsp3) is 0.250. The molecule has 1 unspecified atom stereocenters. The number of carbonyl (C=O) groups is 2. The number of amides is 2. The molecule has 3 aromatic heterocycles. The highest BCUT2D eigenvalue weighted by atomic mass is 32.1. The molecule has 1 atom stereocenters. The van der Waals surface area contributed by atoms with Crippen molar-refractivity contribution >= 4 is 28.8 Å². The van der Waals surface area contributed by atoms with Gasteiger partial charge in [-0.2, -0.15) is 5.10 Å². The van der Waals surface area contributed by atoms with Gasteiger partial charge in [0.05, 0.1) is 6.20 Å². The van der Waals surface area contributed by atoms with Gasteiger partial charge in [-0.05, 0) is 35.1 Å². The van der Waals surface area contributed by atoms with E-state index in [2.05, 4.69) is 33.7 Å². The molecular weight excluding hydrogens is 422 g/mol. The summed E-state index contributed by atoms with van der Waals surface area (Å²) in [6, 6.07) is 11.8. The van der Waals surface area contributed by atoms with Gasteiger partial charge < -0.3 is 9.80 Å². The van der Waals surface area contributed by atoms with E-state index >= 15 is 0 Å². The lowest BCUT2D eigenvalue weighted by Gasteiger charge is -2.39. The lowest BCUT2D eigenvalue weighted by Crippen LogP contribution is -2.58. The predicted octanol–water partition coefficient (Wildman–Crippen LogP) is 3.29. The molecule has 1 aliphatic rings. The zero-order valence-electron chi connectivity index (χ0n) is 17.9. The first-order valence-corrected chi connectivity index (χ1v) is 11.4. The molecule has 7 nitrogen and oxygen atoms in total. The molecule has 1 saturated heterocycles. The maximum Gasteiger partial charge on any atom is 0.260 e. The number of likely N-dealkylation sites (N-methyl/N-ethyl adjacent to an activating group) is 1. The summed E-state index contributed by atoms with van der Waals surface area (Å²) < 4.78 is 1.61. The number of carbonyl (C=O) groups excluding carboxylic acids is 2. The molecule has 1 fully saturated rings. The second kappa shape index (κ2) is 8.20. The number of benzene rings is 1. The van der Waals surface area contributed by atoms with Crippen LogP contribution in [0.2, 0.25) is 0 Å². The molecule has 4 aromatic rings. The Balaban J connectivity index is 1.43. The van der Waals surface area contributed by atoms with E-state index in [4.69, 9.17) is 0 Å². The zero-order valence-corrected chi connectivity index (χ0v) is 18.7. The maximum absolute atomic E-state index is 13.5. The second-order valence-electron chi connectivity index (χ2n) is 8.11. The van der Waals surface area contributed by atoms with Crippen LogP contribution in [0.4, 0.5) is 0 Å². The minimum atomic E-state index is -0.561. The highest BCUT2D eigenvalue weighted by molar-refractivity contribution is 7.13. The topological polar surface area (TPSA) is 70.8 Å². The molecule has 0 bridgehead atoms. The van der Waals surface area contributed by atoms with Crippen LogP contribution < -0.4 is 0 Å². The maximum atomic E-state index is 13.5. The van der Waals surface area contributed by atoms with Gasteiger partial charge in [0.15, 0.2) is 5.65 Å². The molecule has 0 N–H and O–H groups in total. The number of aromatic nitrogens is 3. The SMILES string of the molecule is Cc1cnc2c(C(=O)N3CCN(C)C(=O)C3Cc3ccc(-c4cccs4)cc3)cnn2c1. The van der Waals surface area contributed by atoms with Crippen LogP contribution in [0.15, 0.2) is 60.4 Å². The lowest BCUT2D eigenvalue weighted by atomic mass is 9.99. The summed E-state index contributed by atoms with van der Waals surface area (Å²) >= 11 is 1.70. The lowest BCUT2D eigenvalue weighted by molar-refractivity contribution is -0.138. The van der Waals surface area contributed by atoms with Crippen LogP contribution in [0.25, 0.3) is 16.1 Å². The Morgan fingerprint density at radius 3 is 2.72 bits per heavy atom. The van der Waals surface area contributed by atoms with Gasteiger partial charge in [-0.1, -0.05) is 30.3 Å². The summed E-state index contributed by atoms with van der Waals surface area (Å²) in [6.07, 6.45) is 5.56. The molecular formula is C24H23N5O2S. The van der Waals surface area contributed by atoms with Crippen LogP contribution >= 0.6 is 11.3 Å². The van der Waals surface area contributed by atoms with E-state index in [0.29, 0.717) is 30.7 Å². The van der Waals surface area contributed by atoms with Crippen LogP contribution in [-0.4, -0.2) is 62.4 Å². The first-order chi connectivity index (χ1) is 15.5. The van der Waals surface area contributed by atoms with Gasteiger partial charge in [-0.25, -0.2) is 9.50 Å². The number of thiophene rings is 1. The van der Waals surface area contributed by atoms with Gasteiger partial charge in [0.25, 0.3) is 5.91 Å². The Bertz CT molecular complexity index is 1280. The molecule has 1 aliphatic heterocycles. The molecule has 0 saturated carbocycles. The zero-order chi connectivity index (χ0) is 22.2. The Kier molecular flexibility index (Phi) is 5.22. The van der Waals surface area contributed by atoms with Crippen LogP contribution in [0.3, 0.4) is 0 Å². The molecule has 5 rings (SSSR count). The minimum Gasteiger partial charge on any atom is -0.342 e. The Hall–Kier alpha value is -3.52. The Morgan fingerprint density at radius 1 is 1.16 bits per heavy atom. The summed E-state index contributed by atoms with van der Waals surface area (Å²) in [5, 5.41) is 6.34. The van der Waals surface area contributed by atoms with Crippen molar-refractivity contribution in [2.24, 2.45) is 0 Å². The van der Waals surface area contributed by atoms with E-state index in [1.165, 1.54) is 4.88 Å². The summed E-state index contributed by atoms with van der Waals surface area (Å²) in [5.74, 6) is -0.259. The number of fused-ring (bicyclic) bond motifs is 1. The molecule has 32 heavy (non-hydrogen) atoms. The van der Waals surface area contributed by atoms with Crippen molar-refractivity contribution in [2.45, 2.75) is 19.4 Å². The van der Waals surface area contributed by atoms with E-state index in [0.717, 1.165) is 16.7 Å². The number of aryl methyl sites for hydroxylation is 1. The number of nitrogens with zero attached hydrogens (tertiary/aromatic N) is 5. The van der Waals surface area contributed by atoms with E-state index < -0.39 is 6.04 Å². The van der Waals surface area contributed by atoms with Gasteiger partial charge in [0.1, 0.15) is 11.6 Å². The van der Waals surface area contributed by atoms with Crippen LogP contribution in [0.5, 0.6) is 0 Å². The molecule has 8 heteroatoms. The van der Waals surface area contributed by atoms with Gasteiger partial charge in [0, 0.05) is 43.8 Å². The molecule has 2 amide bonds. The second-order valence-corrected chi connectivity index (χ2v) is 9.06. The highest BCUT2D eigenvalue weighted by Crippen LogP contribution is 2.26. The van der Waals surface area contributed by atoms with Crippen molar-refractivity contribution in [2.75, 3.05) is 20.1 Å². The van der Waals surface area contributed by atoms with E-state index in [-0.39, 0.29) is 11.8 Å².